The highest BCUT2D eigenvalue weighted by Crippen LogP contribution is 2.24. The van der Waals surface area contributed by atoms with E-state index in [9.17, 15) is 0 Å². The minimum absolute atomic E-state index is 0.652. The summed E-state index contributed by atoms with van der Waals surface area (Å²) in [5, 5.41) is 3.63. The molecular weight excluding hydrogens is 310 g/mol. The minimum atomic E-state index is 0.652. The SMILES string of the molecule is CCCCCCC(CNCC(C)C)c1ccc(Br)cc1. The second-order valence-corrected chi connectivity index (χ2v) is 7.07. The molecule has 114 valence electrons. The molecule has 1 unspecified atom stereocenters. The van der Waals surface area contributed by atoms with Crippen LogP contribution in [0.4, 0.5) is 0 Å². The maximum absolute atomic E-state index is 3.63. The van der Waals surface area contributed by atoms with Gasteiger partial charge in [0.1, 0.15) is 0 Å². The molecule has 0 saturated heterocycles. The van der Waals surface area contributed by atoms with E-state index in [0.29, 0.717) is 5.92 Å². The van der Waals surface area contributed by atoms with Gasteiger partial charge in [-0.15, -0.1) is 0 Å². The van der Waals surface area contributed by atoms with Crippen LogP contribution in [0.25, 0.3) is 0 Å². The van der Waals surface area contributed by atoms with E-state index in [0.717, 1.165) is 19.0 Å². The second-order valence-electron chi connectivity index (χ2n) is 6.15. The summed E-state index contributed by atoms with van der Waals surface area (Å²) in [6.07, 6.45) is 6.69. The van der Waals surface area contributed by atoms with Crippen molar-refractivity contribution < 1.29 is 0 Å². The first kappa shape index (κ1) is 17.7. The maximum Gasteiger partial charge on any atom is 0.0175 e. The molecule has 1 atom stereocenters. The Bertz CT molecular complexity index is 345. The van der Waals surface area contributed by atoms with Gasteiger partial charge in [0.2, 0.25) is 0 Å². The van der Waals surface area contributed by atoms with Crippen LogP contribution in [-0.2, 0) is 0 Å². The molecule has 0 heterocycles. The molecule has 0 bridgehead atoms. The third kappa shape index (κ3) is 7.44. The van der Waals surface area contributed by atoms with Crippen LogP contribution < -0.4 is 5.32 Å². The van der Waals surface area contributed by atoms with E-state index >= 15 is 0 Å². The maximum atomic E-state index is 3.63. The molecule has 0 spiro atoms. The predicted molar refractivity (Wildman–Crippen MR) is 93.3 cm³/mol. The molecule has 1 nitrogen and oxygen atoms in total. The molecule has 0 aliphatic carbocycles. The van der Waals surface area contributed by atoms with Gasteiger partial charge >= 0.3 is 0 Å². The standard InChI is InChI=1S/C18H30BrN/c1-4-5-6-7-8-17(14-20-13-15(2)3)16-9-11-18(19)12-10-16/h9-12,15,17,20H,4-8,13-14H2,1-3H3. The Labute approximate surface area is 133 Å². The fourth-order valence-electron chi connectivity index (χ4n) is 2.49. The van der Waals surface area contributed by atoms with E-state index in [1.807, 2.05) is 0 Å². The summed E-state index contributed by atoms with van der Waals surface area (Å²) in [6, 6.07) is 8.87. The Balaban J connectivity index is 2.51. The van der Waals surface area contributed by atoms with Crippen LogP contribution in [0.2, 0.25) is 0 Å². The lowest BCUT2D eigenvalue weighted by molar-refractivity contribution is 0.483. The van der Waals surface area contributed by atoms with Crippen molar-refractivity contribution in [3.05, 3.63) is 34.3 Å². The molecule has 2 heteroatoms. The van der Waals surface area contributed by atoms with Gasteiger partial charge in [0.05, 0.1) is 0 Å². The van der Waals surface area contributed by atoms with Gasteiger partial charge < -0.3 is 5.32 Å². The van der Waals surface area contributed by atoms with Gasteiger partial charge in [0, 0.05) is 11.0 Å². The van der Waals surface area contributed by atoms with Gasteiger partial charge in [-0.2, -0.15) is 0 Å². The number of rotatable bonds is 10. The summed E-state index contributed by atoms with van der Waals surface area (Å²) in [4.78, 5) is 0. The molecule has 0 saturated carbocycles. The molecule has 1 aromatic rings. The molecule has 0 radical (unpaired) electrons. The first-order valence-electron chi connectivity index (χ1n) is 8.09. The average molecular weight is 340 g/mol. The van der Waals surface area contributed by atoms with Crippen molar-refractivity contribution >= 4 is 15.9 Å². The number of hydrogen-bond acceptors (Lipinski definition) is 1. The topological polar surface area (TPSA) is 12.0 Å². The van der Waals surface area contributed by atoms with E-state index in [1.165, 1.54) is 42.1 Å². The molecule has 0 aliphatic heterocycles. The molecule has 1 aromatic carbocycles. The third-order valence-electron chi connectivity index (χ3n) is 3.69. The Kier molecular flexibility index (Phi) is 9.21. The molecular formula is C18H30BrN. The smallest absolute Gasteiger partial charge is 0.0175 e. The van der Waals surface area contributed by atoms with Crippen LogP contribution >= 0.6 is 15.9 Å². The number of benzene rings is 1. The van der Waals surface area contributed by atoms with Crippen molar-refractivity contribution in [2.24, 2.45) is 5.92 Å². The lowest BCUT2D eigenvalue weighted by Crippen LogP contribution is -2.25. The van der Waals surface area contributed by atoms with Crippen LogP contribution in [0.3, 0.4) is 0 Å². The Morgan fingerprint density at radius 1 is 1.00 bits per heavy atom. The van der Waals surface area contributed by atoms with Gasteiger partial charge in [0.15, 0.2) is 0 Å². The average Bonchev–Trinajstić information content (AvgIpc) is 2.42. The largest absolute Gasteiger partial charge is 0.316 e. The fraction of sp³-hybridized carbons (Fsp3) is 0.667. The van der Waals surface area contributed by atoms with Crippen LogP contribution in [-0.4, -0.2) is 13.1 Å². The molecule has 0 aromatic heterocycles. The number of hydrogen-bond donors (Lipinski definition) is 1. The van der Waals surface area contributed by atoms with E-state index in [-0.39, 0.29) is 0 Å². The quantitative estimate of drug-likeness (QED) is 0.535. The Morgan fingerprint density at radius 3 is 2.30 bits per heavy atom. The predicted octanol–water partition coefficient (Wildman–Crippen LogP) is 5.75. The van der Waals surface area contributed by atoms with Gasteiger partial charge in [-0.1, -0.05) is 74.5 Å². The van der Waals surface area contributed by atoms with E-state index in [2.05, 4.69) is 66.3 Å². The van der Waals surface area contributed by atoms with Gasteiger partial charge in [0.25, 0.3) is 0 Å². The molecule has 1 rings (SSSR count). The minimum Gasteiger partial charge on any atom is -0.316 e. The molecule has 0 amide bonds. The first-order chi connectivity index (χ1) is 9.63. The number of halogens is 1. The lowest BCUT2D eigenvalue weighted by atomic mass is 9.93. The monoisotopic (exact) mass is 339 g/mol. The summed E-state index contributed by atoms with van der Waals surface area (Å²) in [5.41, 5.74) is 1.47. The summed E-state index contributed by atoms with van der Waals surface area (Å²) < 4.78 is 1.17. The Hall–Kier alpha value is -0.340. The highest BCUT2D eigenvalue weighted by Gasteiger charge is 2.11. The van der Waals surface area contributed by atoms with Crippen LogP contribution in [0, 0.1) is 5.92 Å². The lowest BCUT2D eigenvalue weighted by Gasteiger charge is -2.19. The van der Waals surface area contributed by atoms with E-state index in [4.69, 9.17) is 0 Å². The van der Waals surface area contributed by atoms with Gasteiger partial charge in [-0.25, -0.2) is 0 Å². The van der Waals surface area contributed by atoms with Crippen LogP contribution in [0.15, 0.2) is 28.7 Å². The zero-order chi connectivity index (χ0) is 14.8. The zero-order valence-electron chi connectivity index (χ0n) is 13.3. The van der Waals surface area contributed by atoms with Crippen molar-refractivity contribution in [1.82, 2.24) is 5.32 Å². The van der Waals surface area contributed by atoms with E-state index < -0.39 is 0 Å². The highest BCUT2D eigenvalue weighted by molar-refractivity contribution is 9.10. The van der Waals surface area contributed by atoms with Crippen LogP contribution in [0.5, 0.6) is 0 Å². The summed E-state index contributed by atoms with van der Waals surface area (Å²) in [6.45, 7) is 9.02. The van der Waals surface area contributed by atoms with Crippen molar-refractivity contribution in [3.63, 3.8) is 0 Å². The van der Waals surface area contributed by atoms with Crippen molar-refractivity contribution in [2.45, 2.75) is 58.8 Å². The molecule has 20 heavy (non-hydrogen) atoms. The number of unbranched alkanes of at least 4 members (excludes halogenated alkanes) is 3. The van der Waals surface area contributed by atoms with Gasteiger partial charge in [-0.3, -0.25) is 0 Å². The summed E-state index contributed by atoms with van der Waals surface area (Å²) in [7, 11) is 0. The second kappa shape index (κ2) is 10.4. The zero-order valence-corrected chi connectivity index (χ0v) is 14.9. The molecule has 1 N–H and O–H groups in total. The summed E-state index contributed by atoms with van der Waals surface area (Å²) >= 11 is 3.52. The molecule has 0 fully saturated rings. The van der Waals surface area contributed by atoms with Crippen molar-refractivity contribution in [3.8, 4) is 0 Å². The summed E-state index contributed by atoms with van der Waals surface area (Å²) in [5.74, 6) is 1.37. The highest BCUT2D eigenvalue weighted by atomic mass is 79.9. The number of nitrogens with one attached hydrogen (secondary N) is 1. The first-order valence-corrected chi connectivity index (χ1v) is 8.89. The Morgan fingerprint density at radius 2 is 1.70 bits per heavy atom. The third-order valence-corrected chi connectivity index (χ3v) is 4.22. The normalized spacial score (nSPS) is 12.8. The molecule has 0 aliphatic rings. The van der Waals surface area contributed by atoms with Crippen molar-refractivity contribution in [1.29, 1.82) is 0 Å². The van der Waals surface area contributed by atoms with E-state index in [1.54, 1.807) is 0 Å². The van der Waals surface area contributed by atoms with Gasteiger partial charge in [-0.05, 0) is 42.5 Å². The van der Waals surface area contributed by atoms with Crippen molar-refractivity contribution in [2.75, 3.05) is 13.1 Å². The fourth-order valence-corrected chi connectivity index (χ4v) is 2.75. The van der Waals surface area contributed by atoms with Crippen LogP contribution in [0.1, 0.15) is 64.4 Å².